The van der Waals surface area contributed by atoms with Gasteiger partial charge in [0.05, 0.1) is 0 Å². The Kier molecular flexibility index (Phi) is 4.93. The van der Waals surface area contributed by atoms with E-state index in [0.717, 1.165) is 0 Å². The molecule has 0 spiro atoms. The Morgan fingerprint density at radius 1 is 1.33 bits per heavy atom. The Balaban J connectivity index is 2.30. The first-order valence-corrected chi connectivity index (χ1v) is 4.84. The first-order valence-electron chi connectivity index (χ1n) is 4.46. The van der Waals surface area contributed by atoms with E-state index in [0.29, 0.717) is 17.3 Å². The molecule has 1 rings (SSSR count). The Hall–Kier alpha value is -1.26. The van der Waals surface area contributed by atoms with Crippen LogP contribution in [0.2, 0.25) is 5.02 Å². The maximum absolute atomic E-state index is 11.0. The SMILES string of the molecule is NCCOC(=O)COc1ccc(Cl)cc1. The standard InChI is InChI=1S/C10H12ClNO3/c11-8-1-3-9(4-2-8)15-7-10(13)14-6-5-12/h1-4H,5-7,12H2. The predicted molar refractivity (Wildman–Crippen MR) is 57.0 cm³/mol. The fourth-order valence-corrected chi connectivity index (χ4v) is 1.01. The van der Waals surface area contributed by atoms with Crippen molar-refractivity contribution in [1.29, 1.82) is 0 Å². The van der Waals surface area contributed by atoms with E-state index in [1.807, 2.05) is 0 Å². The Morgan fingerprint density at radius 2 is 2.00 bits per heavy atom. The van der Waals surface area contributed by atoms with Crippen LogP contribution in [0.1, 0.15) is 0 Å². The van der Waals surface area contributed by atoms with Gasteiger partial charge in [0.2, 0.25) is 0 Å². The van der Waals surface area contributed by atoms with Crippen LogP contribution in [0.5, 0.6) is 5.75 Å². The van der Waals surface area contributed by atoms with Crippen LogP contribution in [0.4, 0.5) is 0 Å². The minimum atomic E-state index is -0.435. The van der Waals surface area contributed by atoms with E-state index in [1.54, 1.807) is 24.3 Å². The van der Waals surface area contributed by atoms with Crippen molar-refractivity contribution in [2.75, 3.05) is 19.8 Å². The third-order valence-corrected chi connectivity index (χ3v) is 1.80. The van der Waals surface area contributed by atoms with E-state index in [1.165, 1.54) is 0 Å². The Labute approximate surface area is 92.9 Å². The first kappa shape index (κ1) is 11.8. The van der Waals surface area contributed by atoms with Gasteiger partial charge in [-0.2, -0.15) is 0 Å². The fourth-order valence-electron chi connectivity index (χ4n) is 0.888. The molecule has 0 aromatic heterocycles. The molecule has 4 nitrogen and oxygen atoms in total. The van der Waals surface area contributed by atoms with Crippen LogP contribution in [0.15, 0.2) is 24.3 Å². The second-order valence-corrected chi connectivity index (χ2v) is 3.19. The largest absolute Gasteiger partial charge is 0.482 e. The average Bonchev–Trinajstić information content (AvgIpc) is 2.25. The van der Waals surface area contributed by atoms with Crippen molar-refractivity contribution in [2.24, 2.45) is 5.73 Å². The number of benzene rings is 1. The lowest BCUT2D eigenvalue weighted by atomic mass is 10.3. The highest BCUT2D eigenvalue weighted by molar-refractivity contribution is 6.30. The van der Waals surface area contributed by atoms with Gasteiger partial charge in [-0.3, -0.25) is 0 Å². The second kappa shape index (κ2) is 6.27. The van der Waals surface area contributed by atoms with Crippen LogP contribution in [0.3, 0.4) is 0 Å². The number of carbonyl (C=O) groups excluding carboxylic acids is 1. The summed E-state index contributed by atoms with van der Waals surface area (Å²) in [6, 6.07) is 6.72. The van der Waals surface area contributed by atoms with E-state index in [2.05, 4.69) is 0 Å². The van der Waals surface area contributed by atoms with Gasteiger partial charge in [-0.05, 0) is 24.3 Å². The maximum Gasteiger partial charge on any atom is 0.344 e. The summed E-state index contributed by atoms with van der Waals surface area (Å²) in [5.74, 6) is 0.138. The van der Waals surface area contributed by atoms with Gasteiger partial charge in [-0.25, -0.2) is 4.79 Å². The molecule has 0 aliphatic rings. The van der Waals surface area contributed by atoms with Crippen molar-refractivity contribution in [3.05, 3.63) is 29.3 Å². The van der Waals surface area contributed by atoms with Gasteiger partial charge in [-0.1, -0.05) is 11.6 Å². The topological polar surface area (TPSA) is 61.5 Å². The molecule has 0 fully saturated rings. The smallest absolute Gasteiger partial charge is 0.344 e. The summed E-state index contributed by atoms with van der Waals surface area (Å²) in [6.07, 6.45) is 0. The number of esters is 1. The van der Waals surface area contributed by atoms with Gasteiger partial charge in [0, 0.05) is 11.6 Å². The predicted octanol–water partition coefficient (Wildman–Crippen LogP) is 1.22. The minimum absolute atomic E-state index is 0.123. The summed E-state index contributed by atoms with van der Waals surface area (Å²) in [4.78, 5) is 11.0. The van der Waals surface area contributed by atoms with Crippen molar-refractivity contribution in [3.63, 3.8) is 0 Å². The lowest BCUT2D eigenvalue weighted by Crippen LogP contribution is -2.19. The molecule has 0 saturated carbocycles. The molecule has 1 aromatic carbocycles. The van der Waals surface area contributed by atoms with E-state index < -0.39 is 5.97 Å². The van der Waals surface area contributed by atoms with Crippen molar-refractivity contribution in [1.82, 2.24) is 0 Å². The van der Waals surface area contributed by atoms with Crippen molar-refractivity contribution in [3.8, 4) is 5.75 Å². The van der Waals surface area contributed by atoms with E-state index >= 15 is 0 Å². The molecule has 0 amide bonds. The monoisotopic (exact) mass is 229 g/mol. The molecule has 0 aliphatic heterocycles. The Morgan fingerprint density at radius 3 is 2.60 bits per heavy atom. The lowest BCUT2D eigenvalue weighted by molar-refractivity contribution is -0.145. The summed E-state index contributed by atoms with van der Waals surface area (Å²) in [6.45, 7) is 0.400. The lowest BCUT2D eigenvalue weighted by Gasteiger charge is -2.05. The molecule has 15 heavy (non-hydrogen) atoms. The van der Waals surface area contributed by atoms with E-state index in [9.17, 15) is 4.79 Å². The maximum atomic E-state index is 11.0. The van der Waals surface area contributed by atoms with Crippen LogP contribution in [-0.2, 0) is 9.53 Å². The summed E-state index contributed by atoms with van der Waals surface area (Å²) < 4.78 is 9.87. The highest BCUT2D eigenvalue weighted by atomic mass is 35.5. The molecular weight excluding hydrogens is 218 g/mol. The van der Waals surface area contributed by atoms with Crippen LogP contribution >= 0.6 is 11.6 Å². The molecule has 5 heteroatoms. The molecule has 2 N–H and O–H groups in total. The average molecular weight is 230 g/mol. The number of hydrogen-bond donors (Lipinski definition) is 1. The summed E-state index contributed by atoms with van der Waals surface area (Å²) >= 11 is 5.68. The molecule has 1 aromatic rings. The Bertz CT molecular complexity index is 313. The van der Waals surface area contributed by atoms with E-state index in [4.69, 9.17) is 26.8 Å². The summed E-state index contributed by atoms with van der Waals surface area (Å²) in [5, 5.41) is 0.619. The molecular formula is C10H12ClNO3. The minimum Gasteiger partial charge on any atom is -0.482 e. The molecule has 0 heterocycles. The highest BCUT2D eigenvalue weighted by Crippen LogP contribution is 2.15. The van der Waals surface area contributed by atoms with Crippen molar-refractivity contribution >= 4 is 17.6 Å². The summed E-state index contributed by atoms with van der Waals surface area (Å²) in [5.41, 5.74) is 5.17. The number of hydrogen-bond acceptors (Lipinski definition) is 4. The van der Waals surface area contributed by atoms with Gasteiger partial charge >= 0.3 is 5.97 Å². The molecule has 0 saturated heterocycles. The molecule has 0 radical (unpaired) electrons. The number of ether oxygens (including phenoxy) is 2. The third kappa shape index (κ3) is 4.67. The summed E-state index contributed by atoms with van der Waals surface area (Å²) in [7, 11) is 0. The first-order chi connectivity index (χ1) is 7.22. The number of nitrogens with two attached hydrogens (primary N) is 1. The van der Waals surface area contributed by atoms with Crippen LogP contribution in [0.25, 0.3) is 0 Å². The van der Waals surface area contributed by atoms with Crippen molar-refractivity contribution in [2.45, 2.75) is 0 Å². The van der Waals surface area contributed by atoms with Gasteiger partial charge < -0.3 is 15.2 Å². The number of carbonyl (C=O) groups is 1. The van der Waals surface area contributed by atoms with Gasteiger partial charge in [0.25, 0.3) is 0 Å². The third-order valence-electron chi connectivity index (χ3n) is 1.55. The molecule has 0 atom stereocenters. The quantitative estimate of drug-likeness (QED) is 0.772. The highest BCUT2D eigenvalue weighted by Gasteiger charge is 2.03. The van der Waals surface area contributed by atoms with Gasteiger partial charge in [0.15, 0.2) is 6.61 Å². The van der Waals surface area contributed by atoms with Crippen LogP contribution in [0, 0.1) is 0 Å². The number of halogens is 1. The molecule has 0 bridgehead atoms. The van der Waals surface area contributed by atoms with Gasteiger partial charge in [-0.15, -0.1) is 0 Å². The zero-order chi connectivity index (χ0) is 11.1. The second-order valence-electron chi connectivity index (χ2n) is 2.75. The zero-order valence-electron chi connectivity index (χ0n) is 8.11. The zero-order valence-corrected chi connectivity index (χ0v) is 8.87. The van der Waals surface area contributed by atoms with Crippen molar-refractivity contribution < 1.29 is 14.3 Å². The van der Waals surface area contributed by atoms with E-state index in [-0.39, 0.29) is 13.2 Å². The molecule has 82 valence electrons. The molecule has 0 unspecified atom stereocenters. The van der Waals surface area contributed by atoms with Crippen LogP contribution < -0.4 is 10.5 Å². The van der Waals surface area contributed by atoms with Crippen LogP contribution in [-0.4, -0.2) is 25.7 Å². The number of rotatable bonds is 5. The normalized spacial score (nSPS) is 9.73. The fraction of sp³-hybridized carbons (Fsp3) is 0.300. The van der Waals surface area contributed by atoms with Gasteiger partial charge in [0.1, 0.15) is 12.4 Å². The molecule has 0 aliphatic carbocycles.